The Morgan fingerprint density at radius 3 is 2.79 bits per heavy atom. The second-order valence-electron chi connectivity index (χ2n) is 8.09. The van der Waals surface area contributed by atoms with E-state index in [-0.39, 0.29) is 34.7 Å². The number of thioether (sulfide) groups is 2. The van der Waals surface area contributed by atoms with Crippen molar-refractivity contribution in [1.29, 1.82) is 0 Å². The van der Waals surface area contributed by atoms with E-state index >= 15 is 0 Å². The summed E-state index contributed by atoms with van der Waals surface area (Å²) in [4.78, 5) is 53.3. The number of carboxylic acids is 1. The Balaban J connectivity index is 1.32. The number of carboxylic acid groups (broad SMARTS) is 1. The van der Waals surface area contributed by atoms with Crippen molar-refractivity contribution in [1.82, 2.24) is 24.6 Å². The first-order valence-corrected chi connectivity index (χ1v) is 14.9. The lowest BCUT2D eigenvalue weighted by Gasteiger charge is -2.50. The summed E-state index contributed by atoms with van der Waals surface area (Å²) in [5, 5.41) is 19.9. The summed E-state index contributed by atoms with van der Waals surface area (Å²) in [5.41, 5.74) is 6.86. The fraction of sp³-hybridized carbons (Fsp3) is 0.273. The van der Waals surface area contributed by atoms with Crippen LogP contribution in [0.1, 0.15) is 12.7 Å². The van der Waals surface area contributed by atoms with E-state index in [4.69, 9.17) is 10.6 Å². The van der Waals surface area contributed by atoms with Crippen LogP contribution in [0.3, 0.4) is 0 Å². The molecular weight excluding hydrogens is 585 g/mol. The van der Waals surface area contributed by atoms with E-state index in [9.17, 15) is 19.5 Å². The first-order chi connectivity index (χ1) is 18.8. The van der Waals surface area contributed by atoms with Crippen LogP contribution in [-0.4, -0.2) is 66.5 Å². The first kappa shape index (κ1) is 27.0. The largest absolute Gasteiger partial charge is 0.543 e. The van der Waals surface area contributed by atoms with Crippen LogP contribution in [0, 0.1) is 0 Å². The van der Waals surface area contributed by atoms with Crippen LogP contribution in [0.4, 0.5) is 5.13 Å². The van der Waals surface area contributed by atoms with Crippen LogP contribution < -0.4 is 20.7 Å². The molecule has 0 spiro atoms. The third-order valence-electron chi connectivity index (χ3n) is 5.53. The van der Waals surface area contributed by atoms with Crippen molar-refractivity contribution in [3.05, 3.63) is 46.3 Å². The highest BCUT2D eigenvalue weighted by Gasteiger charge is 2.53. The van der Waals surface area contributed by atoms with Gasteiger partial charge in [0.05, 0.1) is 17.4 Å². The molecule has 3 N–H and O–H groups in total. The Bertz CT molecular complexity index is 1500. The number of thiazole rings is 1. The molecule has 1 saturated heterocycles. The van der Waals surface area contributed by atoms with E-state index in [1.54, 1.807) is 6.92 Å². The molecule has 1 fully saturated rings. The van der Waals surface area contributed by atoms with Crippen LogP contribution in [0.25, 0.3) is 11.3 Å². The number of rotatable bonds is 9. The normalized spacial score (nSPS) is 19.0. The van der Waals surface area contributed by atoms with Gasteiger partial charge in [-0.3, -0.25) is 14.5 Å². The summed E-state index contributed by atoms with van der Waals surface area (Å²) in [6.07, 6.45) is 3.82. The number of nitrogen functional groups attached to an aromatic ring is 1. The number of carbonyl (C=O) groups is 3. The fourth-order valence-electron chi connectivity index (χ4n) is 3.73. The summed E-state index contributed by atoms with van der Waals surface area (Å²) in [7, 11) is 1.92. The second-order valence-corrected chi connectivity index (χ2v) is 12.2. The smallest absolute Gasteiger partial charge is 0.278 e. The fourth-order valence-corrected chi connectivity index (χ4v) is 7.62. The van der Waals surface area contributed by atoms with Gasteiger partial charge in [-0.2, -0.15) is 9.36 Å². The molecule has 2 amide bonds. The highest BCUT2D eigenvalue weighted by atomic mass is 32.2. The minimum absolute atomic E-state index is 0.0374. The van der Waals surface area contributed by atoms with E-state index < -0.39 is 29.2 Å². The van der Waals surface area contributed by atoms with Gasteiger partial charge in [0.15, 0.2) is 21.9 Å². The number of aromatic nitrogens is 4. The monoisotopic (exact) mass is 604 g/mol. The lowest BCUT2D eigenvalue weighted by Crippen LogP contribution is -2.71. The van der Waals surface area contributed by atoms with Gasteiger partial charge in [-0.25, -0.2) is 9.55 Å². The number of carbonyl (C=O) groups excluding carboxylic acids is 3. The topological polar surface area (TPSA) is 180 Å². The average Bonchev–Trinajstić information content (AvgIpc) is 3.56. The predicted octanol–water partition coefficient (Wildman–Crippen LogP) is -0.0374. The number of anilines is 1. The average molecular weight is 605 g/mol. The van der Waals surface area contributed by atoms with Crippen molar-refractivity contribution in [2.45, 2.75) is 22.7 Å². The molecule has 1 unspecified atom stereocenters. The van der Waals surface area contributed by atoms with Gasteiger partial charge < -0.3 is 25.8 Å². The van der Waals surface area contributed by atoms with E-state index in [0.717, 1.165) is 27.7 Å². The van der Waals surface area contributed by atoms with Gasteiger partial charge in [0.25, 0.3) is 11.8 Å². The van der Waals surface area contributed by atoms with Crippen LogP contribution in [0.5, 0.6) is 0 Å². The van der Waals surface area contributed by atoms with Crippen LogP contribution >= 0.6 is 46.4 Å². The van der Waals surface area contributed by atoms with Crippen molar-refractivity contribution in [3.63, 3.8) is 0 Å². The minimum Gasteiger partial charge on any atom is -0.543 e. The number of amides is 2. The van der Waals surface area contributed by atoms with E-state index in [0.29, 0.717) is 9.24 Å². The van der Waals surface area contributed by atoms with Crippen LogP contribution in [0.2, 0.25) is 0 Å². The third-order valence-corrected chi connectivity index (χ3v) is 9.56. The Morgan fingerprint density at radius 2 is 2.13 bits per heavy atom. The summed E-state index contributed by atoms with van der Waals surface area (Å²) >= 11 is 4.77. The van der Waals surface area contributed by atoms with Gasteiger partial charge in [-0.05, 0) is 6.92 Å². The van der Waals surface area contributed by atoms with E-state index in [2.05, 4.69) is 24.8 Å². The third kappa shape index (κ3) is 5.47. The van der Waals surface area contributed by atoms with Gasteiger partial charge in [-0.15, -0.1) is 23.1 Å². The molecule has 0 aliphatic carbocycles. The molecule has 39 heavy (non-hydrogen) atoms. The summed E-state index contributed by atoms with van der Waals surface area (Å²) in [6, 6.07) is 2.89. The standard InChI is InChI=1S/C22H20N8O5S4/c1-3-35-27-13(16-26-21(23)39-28-16)17(31)25-14-18(32)30-15(20(33)34)12(9-36-19(14)30)38-22-24-11(8-37-22)10-4-6-29(2)7-5-10/h4-8,14,19H,3,9H2,1-2H3,(H3-,23,25,26,28,31,33,34)/b27-13+/t14-,19?/m1/s1. The molecule has 13 nitrogen and oxygen atoms in total. The number of hydrogen-bond donors (Lipinski definition) is 2. The zero-order valence-electron chi connectivity index (χ0n) is 20.4. The molecular formula is C22H20N8O5S4. The van der Waals surface area contributed by atoms with Crippen molar-refractivity contribution in [2.75, 3.05) is 18.1 Å². The number of hydrogen-bond acceptors (Lipinski definition) is 14. The van der Waals surface area contributed by atoms with Crippen molar-refractivity contribution in [3.8, 4) is 11.3 Å². The van der Waals surface area contributed by atoms with E-state index in [1.807, 2.05) is 41.5 Å². The number of pyridine rings is 1. The molecule has 0 aromatic carbocycles. The van der Waals surface area contributed by atoms with Gasteiger partial charge in [0, 0.05) is 45.3 Å². The molecule has 0 bridgehead atoms. The number of nitrogens with zero attached hydrogens (tertiary/aromatic N) is 6. The molecule has 5 rings (SSSR count). The molecule has 5 heterocycles. The maximum Gasteiger partial charge on any atom is 0.278 e. The van der Waals surface area contributed by atoms with Gasteiger partial charge in [-0.1, -0.05) is 16.9 Å². The minimum atomic E-state index is -1.48. The zero-order valence-corrected chi connectivity index (χ0v) is 23.7. The van der Waals surface area contributed by atoms with Gasteiger partial charge >= 0.3 is 0 Å². The number of fused-ring (bicyclic) bond motifs is 1. The van der Waals surface area contributed by atoms with Gasteiger partial charge in [0.1, 0.15) is 25.1 Å². The lowest BCUT2D eigenvalue weighted by molar-refractivity contribution is -0.671. The molecule has 2 aliphatic heterocycles. The Hall–Kier alpha value is -3.54. The number of aliphatic carboxylic acids is 1. The SMILES string of the molecule is CCO/N=C(/C(=O)N[C@@H]1C(=O)N2C(C(=O)[O-])=C(Sc3nc(-c4cc[n+](C)cc4)cs3)CSC12)c1nsc(N)n1. The quantitative estimate of drug-likeness (QED) is 0.145. The maximum absolute atomic E-state index is 13.1. The Kier molecular flexibility index (Phi) is 7.83. The van der Waals surface area contributed by atoms with Gasteiger partial charge in [0.2, 0.25) is 11.5 Å². The number of aryl methyl sites for hydroxylation is 1. The molecule has 3 aromatic rings. The molecule has 2 atom stereocenters. The summed E-state index contributed by atoms with van der Waals surface area (Å²) < 4.78 is 6.53. The highest BCUT2D eigenvalue weighted by Crippen LogP contribution is 2.45. The molecule has 2 aliphatic rings. The van der Waals surface area contributed by atoms with Crippen molar-refractivity contribution < 1.29 is 28.9 Å². The summed E-state index contributed by atoms with van der Waals surface area (Å²) in [5.74, 6) is -2.56. The summed E-state index contributed by atoms with van der Waals surface area (Å²) in [6.45, 7) is 1.88. The zero-order chi connectivity index (χ0) is 27.7. The van der Waals surface area contributed by atoms with Crippen molar-refractivity contribution in [2.24, 2.45) is 12.2 Å². The molecule has 0 saturated carbocycles. The second kappa shape index (κ2) is 11.3. The predicted molar refractivity (Wildman–Crippen MR) is 144 cm³/mol. The Morgan fingerprint density at radius 1 is 1.36 bits per heavy atom. The number of β-lactam (4-membered cyclic amide) rings is 1. The van der Waals surface area contributed by atoms with Crippen LogP contribution in [0.15, 0.2) is 50.0 Å². The Labute approximate surface area is 238 Å². The number of oxime groups is 1. The molecule has 202 valence electrons. The van der Waals surface area contributed by atoms with Crippen LogP contribution in [-0.2, 0) is 26.3 Å². The first-order valence-electron chi connectivity index (χ1n) is 11.4. The van der Waals surface area contributed by atoms with Crippen molar-refractivity contribution >= 4 is 75.0 Å². The number of nitrogens with one attached hydrogen (secondary N) is 1. The number of nitrogens with two attached hydrogens (primary N) is 1. The highest BCUT2D eigenvalue weighted by molar-refractivity contribution is 8.07. The van der Waals surface area contributed by atoms with E-state index in [1.165, 1.54) is 34.9 Å². The molecule has 3 aromatic heterocycles. The molecule has 0 radical (unpaired) electrons. The lowest BCUT2D eigenvalue weighted by atomic mass is 10.0. The maximum atomic E-state index is 13.1. The molecule has 17 heteroatoms.